The highest BCUT2D eigenvalue weighted by molar-refractivity contribution is 6.34. The largest absolute Gasteiger partial charge is 0.343 e. The Morgan fingerprint density at radius 3 is 2.67 bits per heavy atom. The number of nitrogens with zero attached hydrogens (tertiary/aromatic N) is 7. The average Bonchev–Trinajstić information content (AvgIpc) is 3.15. The van der Waals surface area contributed by atoms with Gasteiger partial charge in [0.1, 0.15) is 0 Å². The number of carbonyl (C=O) groups excluding carboxylic acids is 1. The molecule has 1 fully saturated rings. The molecule has 0 saturated carbocycles. The van der Waals surface area contributed by atoms with Crippen LogP contribution in [-0.4, -0.2) is 53.4 Å². The van der Waals surface area contributed by atoms with Crippen LogP contribution in [0.2, 0.25) is 10.3 Å². The number of piperidine rings is 1. The Morgan fingerprint density at radius 2 is 1.96 bits per heavy atom. The van der Waals surface area contributed by atoms with E-state index in [1.807, 2.05) is 15.8 Å². The number of fused-ring (bicyclic) bond motifs is 1. The number of hydrogen-bond acceptors (Lipinski definition) is 6. The average molecular weight is 409 g/mol. The maximum atomic E-state index is 11.5. The number of hydrogen-bond donors (Lipinski definition) is 1. The van der Waals surface area contributed by atoms with E-state index < -0.39 is 0 Å². The quantitative estimate of drug-likeness (QED) is 0.715. The van der Waals surface area contributed by atoms with Crippen molar-refractivity contribution in [2.45, 2.75) is 25.8 Å². The second-order valence-corrected chi connectivity index (χ2v) is 7.24. The Kier molecular flexibility index (Phi) is 4.65. The first-order valence-corrected chi connectivity index (χ1v) is 9.30. The van der Waals surface area contributed by atoms with Gasteiger partial charge in [-0.15, -0.1) is 0 Å². The van der Waals surface area contributed by atoms with Crippen LogP contribution in [0.1, 0.15) is 25.8 Å². The molecule has 0 radical (unpaired) electrons. The molecule has 1 saturated heterocycles. The van der Waals surface area contributed by atoms with Crippen LogP contribution in [0.15, 0.2) is 12.4 Å². The molecule has 3 aromatic heterocycles. The molecule has 4 rings (SSSR count). The molecule has 142 valence electrons. The Balaban J connectivity index is 1.52. The van der Waals surface area contributed by atoms with Crippen molar-refractivity contribution >= 4 is 51.8 Å². The third-order valence-corrected chi connectivity index (χ3v) is 5.31. The molecule has 0 spiro atoms. The lowest BCUT2D eigenvalue weighted by Gasteiger charge is -2.31. The summed E-state index contributed by atoms with van der Waals surface area (Å²) in [5, 5.41) is 13.0. The lowest BCUT2D eigenvalue weighted by atomic mass is 10.1. The fraction of sp³-hybridized carbons (Fsp3) is 0.438. The minimum atomic E-state index is 0.108. The molecule has 0 bridgehead atoms. The normalized spacial score (nSPS) is 15.5. The summed E-state index contributed by atoms with van der Waals surface area (Å²) in [6.07, 6.45) is 5.15. The van der Waals surface area contributed by atoms with Crippen molar-refractivity contribution < 1.29 is 4.79 Å². The monoisotopic (exact) mass is 408 g/mol. The van der Waals surface area contributed by atoms with Gasteiger partial charge in [0.05, 0.1) is 23.3 Å². The van der Waals surface area contributed by atoms with E-state index in [0.29, 0.717) is 33.0 Å². The molecule has 0 atom stereocenters. The summed E-state index contributed by atoms with van der Waals surface area (Å²) in [7, 11) is 1.77. The van der Waals surface area contributed by atoms with Gasteiger partial charge >= 0.3 is 0 Å². The van der Waals surface area contributed by atoms with Crippen molar-refractivity contribution in [1.29, 1.82) is 0 Å². The van der Waals surface area contributed by atoms with Crippen molar-refractivity contribution in [3.05, 3.63) is 22.7 Å². The van der Waals surface area contributed by atoms with Crippen LogP contribution in [0, 0.1) is 0 Å². The number of aromatic nitrogens is 6. The van der Waals surface area contributed by atoms with Gasteiger partial charge in [-0.1, -0.05) is 23.2 Å². The molecule has 9 nitrogen and oxygen atoms in total. The Bertz CT molecular complexity index is 1010. The van der Waals surface area contributed by atoms with Gasteiger partial charge in [-0.25, -0.2) is 9.67 Å². The molecule has 0 aromatic carbocycles. The van der Waals surface area contributed by atoms with E-state index in [9.17, 15) is 4.79 Å². The van der Waals surface area contributed by atoms with Crippen molar-refractivity contribution in [1.82, 2.24) is 34.4 Å². The number of rotatable bonds is 3. The molecule has 27 heavy (non-hydrogen) atoms. The summed E-state index contributed by atoms with van der Waals surface area (Å²) < 4.78 is 3.44. The standard InChI is InChI=1S/C16H18Cl2N8O/c1-9(27)25-5-3-10(4-6-25)26-8-12(14(18)23-26)20-16-19-7-11-13(17)22-24(2)15(11)21-16/h7-8,10H,3-6H2,1-2H3,(H,19,20,21). The van der Waals surface area contributed by atoms with E-state index in [4.69, 9.17) is 23.2 Å². The minimum Gasteiger partial charge on any atom is -0.343 e. The Labute approximate surface area is 165 Å². The molecule has 0 aliphatic carbocycles. The van der Waals surface area contributed by atoms with E-state index in [-0.39, 0.29) is 11.9 Å². The Hall–Kier alpha value is -2.39. The number of anilines is 2. The molecule has 0 unspecified atom stereocenters. The third-order valence-electron chi connectivity index (χ3n) is 4.75. The van der Waals surface area contributed by atoms with Crippen molar-refractivity contribution in [3.63, 3.8) is 0 Å². The number of amides is 1. The lowest BCUT2D eigenvalue weighted by Crippen LogP contribution is -2.37. The van der Waals surface area contributed by atoms with Crippen molar-refractivity contribution in [2.75, 3.05) is 18.4 Å². The van der Waals surface area contributed by atoms with Crippen LogP contribution in [0.25, 0.3) is 11.0 Å². The first-order chi connectivity index (χ1) is 12.9. The van der Waals surface area contributed by atoms with Gasteiger partial charge in [-0.3, -0.25) is 9.48 Å². The molecule has 1 N–H and O–H groups in total. The zero-order valence-electron chi connectivity index (χ0n) is 14.9. The van der Waals surface area contributed by atoms with E-state index in [1.165, 1.54) is 0 Å². The maximum Gasteiger partial charge on any atom is 0.229 e. The van der Waals surface area contributed by atoms with E-state index in [1.54, 1.807) is 24.9 Å². The highest BCUT2D eigenvalue weighted by Crippen LogP contribution is 2.29. The van der Waals surface area contributed by atoms with Crippen LogP contribution in [0.3, 0.4) is 0 Å². The van der Waals surface area contributed by atoms with Crippen molar-refractivity contribution in [2.24, 2.45) is 7.05 Å². The van der Waals surface area contributed by atoms with Gasteiger partial charge in [0.25, 0.3) is 0 Å². The fourth-order valence-electron chi connectivity index (χ4n) is 3.26. The topological polar surface area (TPSA) is 93.8 Å². The van der Waals surface area contributed by atoms with Gasteiger partial charge < -0.3 is 10.2 Å². The molecule has 4 heterocycles. The van der Waals surface area contributed by atoms with Gasteiger partial charge in [0.15, 0.2) is 16.0 Å². The summed E-state index contributed by atoms with van der Waals surface area (Å²) in [6, 6.07) is 0.202. The predicted molar refractivity (Wildman–Crippen MR) is 102 cm³/mol. The Morgan fingerprint density at radius 1 is 1.22 bits per heavy atom. The molecular weight excluding hydrogens is 391 g/mol. The number of likely N-dealkylation sites (tertiary alicyclic amines) is 1. The zero-order valence-corrected chi connectivity index (χ0v) is 16.4. The minimum absolute atomic E-state index is 0.108. The number of aryl methyl sites for hydroxylation is 1. The van der Waals surface area contributed by atoms with Gasteiger partial charge in [-0.05, 0) is 12.8 Å². The summed E-state index contributed by atoms with van der Waals surface area (Å²) in [4.78, 5) is 22.0. The van der Waals surface area contributed by atoms with Crippen LogP contribution < -0.4 is 5.32 Å². The van der Waals surface area contributed by atoms with Crippen LogP contribution in [0.4, 0.5) is 11.6 Å². The molecule has 1 aliphatic heterocycles. The molecule has 1 amide bonds. The number of carbonyl (C=O) groups is 1. The summed E-state index contributed by atoms with van der Waals surface area (Å²) in [6.45, 7) is 3.04. The maximum absolute atomic E-state index is 11.5. The first kappa shape index (κ1) is 18.0. The van der Waals surface area contributed by atoms with E-state index >= 15 is 0 Å². The molecule has 3 aromatic rings. The third kappa shape index (κ3) is 3.44. The summed E-state index contributed by atoms with van der Waals surface area (Å²) in [5.74, 6) is 0.493. The van der Waals surface area contributed by atoms with E-state index in [0.717, 1.165) is 25.9 Å². The summed E-state index contributed by atoms with van der Waals surface area (Å²) >= 11 is 12.3. The van der Waals surface area contributed by atoms with Gasteiger partial charge in [0.2, 0.25) is 11.9 Å². The van der Waals surface area contributed by atoms with Crippen molar-refractivity contribution in [3.8, 4) is 0 Å². The highest BCUT2D eigenvalue weighted by Gasteiger charge is 2.23. The van der Waals surface area contributed by atoms with Gasteiger partial charge in [0, 0.05) is 33.3 Å². The molecule has 11 heteroatoms. The van der Waals surface area contributed by atoms with Crippen LogP contribution in [0.5, 0.6) is 0 Å². The smallest absolute Gasteiger partial charge is 0.229 e. The van der Waals surface area contributed by atoms with Crippen LogP contribution in [-0.2, 0) is 11.8 Å². The lowest BCUT2D eigenvalue weighted by molar-refractivity contribution is -0.130. The SMILES string of the molecule is CC(=O)N1CCC(n2cc(Nc3ncc4c(Cl)nn(C)c4n3)c(Cl)n2)CC1. The van der Waals surface area contributed by atoms with Crippen LogP contribution >= 0.6 is 23.2 Å². The van der Waals surface area contributed by atoms with E-state index in [2.05, 4.69) is 25.5 Å². The zero-order chi connectivity index (χ0) is 19.1. The fourth-order valence-corrected chi connectivity index (χ4v) is 3.69. The second-order valence-electron chi connectivity index (χ2n) is 6.52. The molecular formula is C16H18Cl2N8O. The highest BCUT2D eigenvalue weighted by atomic mass is 35.5. The first-order valence-electron chi connectivity index (χ1n) is 8.55. The second kappa shape index (κ2) is 6.97. The van der Waals surface area contributed by atoms with Gasteiger partial charge in [-0.2, -0.15) is 15.2 Å². The number of halogens is 2. The summed E-state index contributed by atoms with van der Waals surface area (Å²) in [5.41, 5.74) is 1.25. The number of nitrogens with one attached hydrogen (secondary N) is 1. The molecule has 1 aliphatic rings. The predicted octanol–water partition coefficient (Wildman–Crippen LogP) is 2.79.